The van der Waals surface area contributed by atoms with Gasteiger partial charge in [0.1, 0.15) is 5.82 Å². The normalized spacial score (nSPS) is 13.8. The molecular weight excluding hydrogens is 452 g/mol. The molecule has 3 aromatic heterocycles. The van der Waals surface area contributed by atoms with E-state index in [9.17, 15) is 0 Å². The van der Waals surface area contributed by atoms with Gasteiger partial charge in [0.05, 0.1) is 11.0 Å². The van der Waals surface area contributed by atoms with Gasteiger partial charge in [0, 0.05) is 45.4 Å². The monoisotopic (exact) mass is 472 g/mol. The van der Waals surface area contributed by atoms with Gasteiger partial charge in [0.2, 0.25) is 0 Å². The van der Waals surface area contributed by atoms with Crippen LogP contribution in [0.4, 0.5) is 0 Å². The lowest BCUT2D eigenvalue weighted by Gasteiger charge is -2.24. The van der Waals surface area contributed by atoms with Crippen LogP contribution >= 0.6 is 11.6 Å². The molecule has 3 aromatic carbocycles. The van der Waals surface area contributed by atoms with Crippen LogP contribution in [0.25, 0.3) is 50.1 Å². The molecule has 6 aromatic rings. The topological polar surface area (TPSA) is 43.6 Å². The lowest BCUT2D eigenvalue weighted by molar-refractivity contribution is 0.661. The molecule has 35 heavy (non-hydrogen) atoms. The second-order valence-corrected chi connectivity index (χ2v) is 9.93. The SMILES string of the molecule is CC1(C)c2ccccc2-c2c1c(-c1ncccn1)cc1c2c2ccc(Cl)cc2n1-c1ccccn1. The lowest BCUT2D eigenvalue weighted by Crippen LogP contribution is -2.16. The van der Waals surface area contributed by atoms with Gasteiger partial charge in [-0.05, 0) is 58.7 Å². The predicted octanol–water partition coefficient (Wildman–Crippen LogP) is 7.60. The molecule has 0 N–H and O–H groups in total. The summed E-state index contributed by atoms with van der Waals surface area (Å²) in [5.41, 5.74) is 8.00. The van der Waals surface area contributed by atoms with E-state index in [0.29, 0.717) is 5.02 Å². The highest BCUT2D eigenvalue weighted by atomic mass is 35.5. The molecule has 0 unspecified atom stereocenters. The quantitative estimate of drug-likeness (QED) is 0.260. The predicted molar refractivity (Wildman–Crippen MR) is 142 cm³/mol. The molecule has 7 rings (SSSR count). The number of halogens is 1. The summed E-state index contributed by atoms with van der Waals surface area (Å²) >= 11 is 6.52. The van der Waals surface area contributed by atoms with Crippen molar-refractivity contribution in [3.8, 4) is 28.3 Å². The maximum atomic E-state index is 6.52. The van der Waals surface area contributed by atoms with Gasteiger partial charge in [0.25, 0.3) is 0 Å². The standard InChI is InChI=1S/C30H21ClN4/c1-30(2)22-9-4-3-8-19(22)27-26-20-12-11-18(31)16-23(20)35(25-10-5-6-13-32-25)24(26)17-21(28(27)30)29-33-14-7-15-34-29/h3-17H,1-2H3. The molecule has 0 spiro atoms. The molecule has 0 aliphatic heterocycles. The molecule has 0 fully saturated rings. The van der Waals surface area contributed by atoms with E-state index >= 15 is 0 Å². The first-order valence-corrected chi connectivity index (χ1v) is 12.0. The summed E-state index contributed by atoms with van der Waals surface area (Å²) < 4.78 is 2.21. The Morgan fingerprint density at radius 2 is 1.51 bits per heavy atom. The number of hydrogen-bond acceptors (Lipinski definition) is 3. The van der Waals surface area contributed by atoms with Crippen molar-refractivity contribution >= 4 is 33.4 Å². The van der Waals surface area contributed by atoms with Crippen molar-refractivity contribution in [3.05, 3.63) is 108 Å². The molecule has 0 radical (unpaired) electrons. The number of aromatic nitrogens is 4. The van der Waals surface area contributed by atoms with Crippen molar-refractivity contribution in [2.75, 3.05) is 0 Å². The van der Waals surface area contributed by atoms with Gasteiger partial charge in [-0.2, -0.15) is 0 Å². The zero-order chi connectivity index (χ0) is 23.7. The fourth-order valence-corrected chi connectivity index (χ4v) is 5.96. The molecule has 4 nitrogen and oxygen atoms in total. The van der Waals surface area contributed by atoms with E-state index in [1.807, 2.05) is 55.0 Å². The lowest BCUT2D eigenvalue weighted by atomic mass is 9.79. The largest absolute Gasteiger partial charge is 0.294 e. The Bertz CT molecular complexity index is 1770. The van der Waals surface area contributed by atoms with Gasteiger partial charge in [-0.1, -0.05) is 61.8 Å². The highest BCUT2D eigenvalue weighted by Crippen LogP contribution is 2.56. The molecular formula is C30H21ClN4. The zero-order valence-corrected chi connectivity index (χ0v) is 20.1. The third-order valence-electron chi connectivity index (χ3n) is 7.20. The van der Waals surface area contributed by atoms with Crippen molar-refractivity contribution in [1.82, 2.24) is 19.5 Å². The summed E-state index contributed by atoms with van der Waals surface area (Å²) in [7, 11) is 0. The number of pyridine rings is 1. The van der Waals surface area contributed by atoms with Gasteiger partial charge < -0.3 is 0 Å². The number of nitrogens with zero attached hydrogens (tertiary/aromatic N) is 4. The second-order valence-electron chi connectivity index (χ2n) is 9.50. The molecule has 1 aliphatic carbocycles. The fourth-order valence-electron chi connectivity index (χ4n) is 5.80. The van der Waals surface area contributed by atoms with Crippen LogP contribution < -0.4 is 0 Å². The molecule has 0 amide bonds. The van der Waals surface area contributed by atoms with Crippen molar-refractivity contribution in [2.24, 2.45) is 0 Å². The number of hydrogen-bond donors (Lipinski definition) is 0. The Labute approximate surface area is 207 Å². The van der Waals surface area contributed by atoms with E-state index in [4.69, 9.17) is 16.6 Å². The first kappa shape index (κ1) is 20.4. The van der Waals surface area contributed by atoms with E-state index in [1.54, 1.807) is 0 Å². The minimum atomic E-state index is -0.208. The molecule has 3 heterocycles. The van der Waals surface area contributed by atoms with Crippen molar-refractivity contribution < 1.29 is 0 Å². The Balaban J connectivity index is 1.76. The zero-order valence-electron chi connectivity index (χ0n) is 19.3. The van der Waals surface area contributed by atoms with E-state index < -0.39 is 0 Å². The maximum absolute atomic E-state index is 6.52. The Kier molecular flexibility index (Phi) is 4.21. The maximum Gasteiger partial charge on any atom is 0.159 e. The van der Waals surface area contributed by atoms with Gasteiger partial charge in [-0.15, -0.1) is 0 Å². The smallest absolute Gasteiger partial charge is 0.159 e. The van der Waals surface area contributed by atoms with E-state index in [0.717, 1.165) is 33.6 Å². The molecule has 0 bridgehead atoms. The summed E-state index contributed by atoms with van der Waals surface area (Å²) in [6.45, 7) is 4.59. The Morgan fingerprint density at radius 3 is 2.31 bits per heavy atom. The van der Waals surface area contributed by atoms with Crippen LogP contribution in [0, 0.1) is 0 Å². The van der Waals surface area contributed by atoms with Crippen molar-refractivity contribution in [3.63, 3.8) is 0 Å². The average Bonchev–Trinajstić information content (AvgIpc) is 3.33. The van der Waals surface area contributed by atoms with Crippen LogP contribution in [-0.2, 0) is 5.41 Å². The molecule has 0 saturated carbocycles. The van der Waals surface area contributed by atoms with Crippen molar-refractivity contribution in [1.29, 1.82) is 0 Å². The Hall–Kier alpha value is -4.02. The summed E-state index contributed by atoms with van der Waals surface area (Å²) in [4.78, 5) is 14.1. The van der Waals surface area contributed by atoms with Crippen LogP contribution in [0.15, 0.2) is 91.4 Å². The van der Waals surface area contributed by atoms with Gasteiger partial charge >= 0.3 is 0 Å². The minimum Gasteiger partial charge on any atom is -0.294 e. The summed E-state index contributed by atoms with van der Waals surface area (Å²) in [5, 5.41) is 3.05. The molecule has 5 heteroatoms. The van der Waals surface area contributed by atoms with Gasteiger partial charge in [-0.3, -0.25) is 4.57 Å². The summed E-state index contributed by atoms with van der Waals surface area (Å²) in [6, 6.07) is 24.9. The first-order chi connectivity index (χ1) is 17.1. The van der Waals surface area contributed by atoms with Crippen LogP contribution in [-0.4, -0.2) is 19.5 Å². The fraction of sp³-hybridized carbons (Fsp3) is 0.100. The van der Waals surface area contributed by atoms with E-state index in [-0.39, 0.29) is 5.41 Å². The number of benzene rings is 3. The molecule has 168 valence electrons. The molecule has 1 aliphatic rings. The van der Waals surface area contributed by atoms with E-state index in [1.165, 1.54) is 27.6 Å². The third-order valence-corrected chi connectivity index (χ3v) is 7.43. The van der Waals surface area contributed by atoms with Crippen molar-refractivity contribution in [2.45, 2.75) is 19.3 Å². The Morgan fingerprint density at radius 1 is 0.743 bits per heavy atom. The number of rotatable bonds is 2. The van der Waals surface area contributed by atoms with E-state index in [2.05, 4.69) is 64.8 Å². The van der Waals surface area contributed by atoms with Gasteiger partial charge in [-0.25, -0.2) is 15.0 Å². The van der Waals surface area contributed by atoms with Crippen LogP contribution in [0.3, 0.4) is 0 Å². The highest BCUT2D eigenvalue weighted by molar-refractivity contribution is 6.32. The summed E-state index contributed by atoms with van der Waals surface area (Å²) in [6.07, 6.45) is 5.44. The molecule has 0 saturated heterocycles. The average molecular weight is 473 g/mol. The van der Waals surface area contributed by atoms with Gasteiger partial charge in [0.15, 0.2) is 5.82 Å². The minimum absolute atomic E-state index is 0.208. The van der Waals surface area contributed by atoms with Crippen LogP contribution in [0.2, 0.25) is 5.02 Å². The third kappa shape index (κ3) is 2.77. The second kappa shape index (κ2) is 7.24. The summed E-state index contributed by atoms with van der Waals surface area (Å²) in [5.74, 6) is 1.57. The molecule has 0 atom stereocenters. The first-order valence-electron chi connectivity index (χ1n) is 11.7. The van der Waals surface area contributed by atoms with Crippen LogP contribution in [0.1, 0.15) is 25.0 Å². The highest BCUT2D eigenvalue weighted by Gasteiger charge is 2.40. The van der Waals surface area contributed by atoms with Crippen LogP contribution in [0.5, 0.6) is 0 Å². The number of fused-ring (bicyclic) bond motifs is 7.